The van der Waals surface area contributed by atoms with E-state index in [-0.39, 0.29) is 18.0 Å². The first-order valence-electron chi connectivity index (χ1n) is 14.6. The van der Waals surface area contributed by atoms with Crippen LogP contribution in [0.3, 0.4) is 0 Å². The quantitative estimate of drug-likeness (QED) is 0.337. The Bertz CT molecular complexity index is 1870. The van der Waals surface area contributed by atoms with Gasteiger partial charge in [-0.3, -0.25) is 0 Å². The zero-order valence-corrected chi connectivity index (χ0v) is 23.1. The summed E-state index contributed by atoms with van der Waals surface area (Å²) in [5, 5.41) is 19.0. The van der Waals surface area contributed by atoms with Crippen molar-refractivity contribution in [3.63, 3.8) is 0 Å². The van der Waals surface area contributed by atoms with E-state index in [9.17, 15) is 10.5 Å². The Hall–Kier alpha value is -5.32. The third-order valence-corrected chi connectivity index (χ3v) is 9.34. The van der Waals surface area contributed by atoms with Crippen molar-refractivity contribution in [3.05, 3.63) is 155 Å². The van der Waals surface area contributed by atoms with Crippen LogP contribution in [0, 0.1) is 34.5 Å². The third kappa shape index (κ3) is 3.66. The Labute approximate surface area is 246 Å². The van der Waals surface area contributed by atoms with Crippen LogP contribution >= 0.6 is 0 Å². The van der Waals surface area contributed by atoms with Crippen LogP contribution in [0.25, 0.3) is 5.57 Å². The molecule has 0 bridgehead atoms. The Morgan fingerprint density at radius 1 is 0.690 bits per heavy atom. The second-order valence-electron chi connectivity index (χ2n) is 11.5. The highest BCUT2D eigenvalue weighted by atomic mass is 15.2. The van der Waals surface area contributed by atoms with Crippen LogP contribution in [0.4, 0.5) is 17.1 Å². The number of hydrogen-bond acceptors (Lipinski definition) is 4. The minimum Gasteiger partial charge on any atom is -0.337 e. The van der Waals surface area contributed by atoms with E-state index in [1.807, 2.05) is 18.2 Å². The minimum atomic E-state index is 0.128. The second-order valence-corrected chi connectivity index (χ2v) is 11.5. The summed E-state index contributed by atoms with van der Waals surface area (Å²) >= 11 is 0. The highest BCUT2D eigenvalue weighted by Gasteiger charge is 2.44. The van der Waals surface area contributed by atoms with E-state index in [0.717, 1.165) is 29.8 Å². The van der Waals surface area contributed by atoms with Gasteiger partial charge in [-0.05, 0) is 78.6 Å². The summed E-state index contributed by atoms with van der Waals surface area (Å²) in [6.07, 6.45) is 20.3. The molecule has 4 unspecified atom stereocenters. The fourth-order valence-electron chi connectivity index (χ4n) is 7.54. The molecule has 4 heteroatoms. The monoisotopic (exact) mass is 540 g/mol. The number of fused-ring (bicyclic) bond motifs is 5. The van der Waals surface area contributed by atoms with Gasteiger partial charge in [-0.15, -0.1) is 0 Å². The molecule has 2 aliphatic heterocycles. The summed E-state index contributed by atoms with van der Waals surface area (Å²) in [5.74, 6) is 0.505. The van der Waals surface area contributed by atoms with E-state index >= 15 is 0 Å². The number of para-hydroxylation sites is 1. The molecule has 3 aliphatic carbocycles. The second kappa shape index (κ2) is 9.65. The summed E-state index contributed by atoms with van der Waals surface area (Å²) in [5.41, 5.74) is 11.5. The molecule has 200 valence electrons. The Kier molecular flexibility index (Phi) is 5.62. The van der Waals surface area contributed by atoms with Crippen molar-refractivity contribution in [2.45, 2.75) is 24.9 Å². The molecule has 0 fully saturated rings. The lowest BCUT2D eigenvalue weighted by Crippen LogP contribution is -2.36. The molecule has 0 radical (unpaired) electrons. The number of nitriles is 2. The number of benzene rings is 3. The Balaban J connectivity index is 1.22. The first kappa shape index (κ1) is 24.5. The van der Waals surface area contributed by atoms with Gasteiger partial charge < -0.3 is 9.80 Å². The van der Waals surface area contributed by atoms with Gasteiger partial charge in [0.2, 0.25) is 0 Å². The highest BCUT2D eigenvalue weighted by Crippen LogP contribution is 2.53. The zero-order valence-electron chi connectivity index (χ0n) is 23.1. The molecule has 0 amide bonds. The number of nitrogens with zero attached hydrogens (tertiary/aromatic N) is 4. The molecule has 0 spiro atoms. The van der Waals surface area contributed by atoms with Crippen LogP contribution in [0.15, 0.2) is 138 Å². The van der Waals surface area contributed by atoms with Gasteiger partial charge in [-0.25, -0.2) is 0 Å². The smallest absolute Gasteiger partial charge is 0.0991 e. The molecular formula is C38H28N4. The van der Waals surface area contributed by atoms with Crippen LogP contribution in [-0.4, -0.2) is 12.1 Å². The molecule has 3 aromatic carbocycles. The van der Waals surface area contributed by atoms with Crippen LogP contribution < -0.4 is 9.80 Å². The van der Waals surface area contributed by atoms with Gasteiger partial charge >= 0.3 is 0 Å². The van der Waals surface area contributed by atoms with Gasteiger partial charge in [0, 0.05) is 40.2 Å². The van der Waals surface area contributed by atoms with Gasteiger partial charge in [-0.2, -0.15) is 10.5 Å². The van der Waals surface area contributed by atoms with E-state index in [4.69, 9.17) is 0 Å². The van der Waals surface area contributed by atoms with E-state index in [1.165, 1.54) is 28.1 Å². The average Bonchev–Trinajstić information content (AvgIpc) is 3.57. The molecule has 0 N–H and O–H groups in total. The molecule has 4 atom stereocenters. The number of anilines is 3. The van der Waals surface area contributed by atoms with Crippen molar-refractivity contribution in [2.75, 3.05) is 9.80 Å². The molecule has 4 nitrogen and oxygen atoms in total. The zero-order chi connectivity index (χ0) is 28.2. The maximum absolute atomic E-state index is 9.68. The lowest BCUT2D eigenvalue weighted by Gasteiger charge is -2.37. The Morgan fingerprint density at radius 3 is 2.24 bits per heavy atom. The van der Waals surface area contributed by atoms with Gasteiger partial charge in [-0.1, -0.05) is 72.4 Å². The predicted molar refractivity (Wildman–Crippen MR) is 168 cm³/mol. The van der Waals surface area contributed by atoms with Crippen LogP contribution in [0.2, 0.25) is 0 Å². The fraction of sp³-hybridized carbons (Fsp3) is 0.158. The van der Waals surface area contributed by atoms with Crippen molar-refractivity contribution in [3.8, 4) is 12.1 Å². The van der Waals surface area contributed by atoms with Crippen molar-refractivity contribution >= 4 is 22.6 Å². The largest absolute Gasteiger partial charge is 0.337 e. The molecule has 8 rings (SSSR count). The van der Waals surface area contributed by atoms with Crippen LogP contribution in [0.5, 0.6) is 0 Å². The maximum atomic E-state index is 9.68. The molecule has 42 heavy (non-hydrogen) atoms. The summed E-state index contributed by atoms with van der Waals surface area (Å²) in [4.78, 5) is 4.96. The highest BCUT2D eigenvalue weighted by molar-refractivity contribution is 5.94. The summed E-state index contributed by atoms with van der Waals surface area (Å²) in [7, 11) is 0. The number of rotatable bonds is 3. The van der Waals surface area contributed by atoms with Crippen LogP contribution in [-0.2, 0) is 0 Å². The minimum absolute atomic E-state index is 0.128. The number of hydrogen-bond donors (Lipinski definition) is 0. The SMILES string of the molecule is N#Cc1ccc(N2C3=C(C=C(C4C=CC=C5c6cc(C#N)ccc6N(c6ccccc6)C54)CC3)C3C=CC=CC32)cc1. The van der Waals surface area contributed by atoms with E-state index < -0.39 is 0 Å². The topological polar surface area (TPSA) is 54.1 Å². The normalized spacial score (nSPS) is 24.7. The average molecular weight is 541 g/mol. The predicted octanol–water partition coefficient (Wildman–Crippen LogP) is 8.12. The molecule has 2 heterocycles. The van der Waals surface area contributed by atoms with Gasteiger partial charge in [0.25, 0.3) is 0 Å². The third-order valence-electron chi connectivity index (χ3n) is 9.34. The Morgan fingerprint density at radius 2 is 1.43 bits per heavy atom. The first-order valence-corrected chi connectivity index (χ1v) is 14.6. The van der Waals surface area contributed by atoms with Crippen LogP contribution in [0.1, 0.15) is 29.5 Å². The van der Waals surface area contributed by atoms with Crippen molar-refractivity contribution in [1.29, 1.82) is 10.5 Å². The van der Waals surface area contributed by atoms with E-state index in [2.05, 4.69) is 125 Å². The fourth-order valence-corrected chi connectivity index (χ4v) is 7.54. The molecule has 5 aliphatic rings. The maximum Gasteiger partial charge on any atom is 0.0991 e. The lowest BCUT2D eigenvalue weighted by atomic mass is 9.77. The van der Waals surface area contributed by atoms with Crippen molar-refractivity contribution < 1.29 is 0 Å². The molecule has 0 aromatic heterocycles. The standard InChI is InChI=1S/C38H28N4/c39-23-25-13-17-29(18-14-25)41-35-12-5-4-9-31(35)34-22-27(16-20-36(34)41)30-10-6-11-32-33-21-26(24-40)15-19-37(33)42(38(30)32)28-7-2-1-3-8-28/h1-15,17-19,21-22,30-31,35,38H,16,20H2. The first-order chi connectivity index (χ1) is 20.7. The van der Waals surface area contributed by atoms with Gasteiger partial charge in [0.1, 0.15) is 0 Å². The van der Waals surface area contributed by atoms with Gasteiger partial charge in [0.15, 0.2) is 0 Å². The molecule has 3 aromatic rings. The van der Waals surface area contributed by atoms with Crippen molar-refractivity contribution in [1.82, 2.24) is 0 Å². The molecular weight excluding hydrogens is 512 g/mol. The summed E-state index contributed by atoms with van der Waals surface area (Å²) in [6.45, 7) is 0. The van der Waals surface area contributed by atoms with Crippen molar-refractivity contribution in [2.24, 2.45) is 11.8 Å². The van der Waals surface area contributed by atoms with E-state index in [0.29, 0.717) is 17.0 Å². The number of allylic oxidation sites excluding steroid dienone is 6. The van der Waals surface area contributed by atoms with E-state index in [1.54, 1.807) is 0 Å². The molecule has 0 saturated carbocycles. The summed E-state index contributed by atoms with van der Waals surface area (Å²) in [6, 6.07) is 29.7. The summed E-state index contributed by atoms with van der Waals surface area (Å²) < 4.78 is 0. The molecule has 0 saturated heterocycles. The van der Waals surface area contributed by atoms with Gasteiger partial charge in [0.05, 0.1) is 35.3 Å². The lowest BCUT2D eigenvalue weighted by molar-refractivity contribution is 0.624.